The van der Waals surface area contributed by atoms with Crippen LogP contribution in [0, 0.1) is 23.7 Å². The zero-order valence-corrected chi connectivity index (χ0v) is 7.84. The van der Waals surface area contributed by atoms with E-state index in [4.69, 9.17) is 0 Å². The maximum absolute atomic E-state index is 2.34. The zero-order chi connectivity index (χ0) is 7.84. The lowest BCUT2D eigenvalue weighted by atomic mass is 9.78. The summed E-state index contributed by atoms with van der Waals surface area (Å²) in [5.74, 6) is 4.61. The summed E-state index contributed by atoms with van der Waals surface area (Å²) in [7, 11) is 0. The molecule has 0 aromatic carbocycles. The molecular weight excluding hydrogens is 132 g/mol. The quantitative estimate of drug-likeness (QED) is 0.578. The van der Waals surface area contributed by atoms with Gasteiger partial charge in [0.1, 0.15) is 0 Å². The molecular formula is C11H20. The standard InChI is InChI=1S/C11H20/c1-3-8(4-2)5-9-6-10-7-11(9)10/h8-11H,3-7H2,1-2H3. The van der Waals surface area contributed by atoms with Crippen molar-refractivity contribution >= 4 is 0 Å². The van der Waals surface area contributed by atoms with Crippen molar-refractivity contribution in [3.63, 3.8) is 0 Å². The molecule has 0 bridgehead atoms. The minimum absolute atomic E-state index is 1.04. The molecule has 0 spiro atoms. The average molecular weight is 152 g/mol. The van der Waals surface area contributed by atoms with Gasteiger partial charge in [0.05, 0.1) is 0 Å². The van der Waals surface area contributed by atoms with Crippen LogP contribution in [0.3, 0.4) is 0 Å². The number of hydrogen-bond donors (Lipinski definition) is 0. The van der Waals surface area contributed by atoms with Gasteiger partial charge >= 0.3 is 0 Å². The lowest BCUT2D eigenvalue weighted by Crippen LogP contribution is -2.18. The zero-order valence-electron chi connectivity index (χ0n) is 7.84. The Balaban J connectivity index is 1.71. The first-order valence-corrected chi connectivity index (χ1v) is 5.35. The minimum atomic E-state index is 1.04. The van der Waals surface area contributed by atoms with Crippen molar-refractivity contribution in [2.45, 2.75) is 46.0 Å². The van der Waals surface area contributed by atoms with E-state index < -0.39 is 0 Å². The van der Waals surface area contributed by atoms with Gasteiger partial charge in [0, 0.05) is 0 Å². The fourth-order valence-corrected chi connectivity index (χ4v) is 2.81. The van der Waals surface area contributed by atoms with Crippen LogP contribution in [0.5, 0.6) is 0 Å². The molecule has 3 atom stereocenters. The third-order valence-corrected chi connectivity index (χ3v) is 3.98. The largest absolute Gasteiger partial charge is 0.0651 e. The van der Waals surface area contributed by atoms with Crippen molar-refractivity contribution in [2.24, 2.45) is 23.7 Å². The summed E-state index contributed by atoms with van der Waals surface area (Å²) in [4.78, 5) is 0. The molecule has 2 rings (SSSR count). The Morgan fingerprint density at radius 3 is 2.27 bits per heavy atom. The molecule has 3 unspecified atom stereocenters. The van der Waals surface area contributed by atoms with Gasteiger partial charge in [0.15, 0.2) is 0 Å². The molecule has 2 fully saturated rings. The van der Waals surface area contributed by atoms with Crippen LogP contribution >= 0.6 is 0 Å². The molecule has 0 aromatic heterocycles. The Morgan fingerprint density at radius 1 is 1.18 bits per heavy atom. The van der Waals surface area contributed by atoms with E-state index in [9.17, 15) is 0 Å². The molecule has 0 heterocycles. The third-order valence-electron chi connectivity index (χ3n) is 3.98. The summed E-state index contributed by atoms with van der Waals surface area (Å²) in [6, 6.07) is 0. The van der Waals surface area contributed by atoms with E-state index in [1.54, 1.807) is 19.3 Å². The van der Waals surface area contributed by atoms with Crippen LogP contribution in [0.15, 0.2) is 0 Å². The highest BCUT2D eigenvalue weighted by atomic mass is 14.6. The highest BCUT2D eigenvalue weighted by molar-refractivity contribution is 5.02. The van der Waals surface area contributed by atoms with Crippen LogP contribution in [0.4, 0.5) is 0 Å². The molecule has 0 aromatic rings. The third kappa shape index (κ3) is 1.32. The summed E-state index contributed by atoms with van der Waals surface area (Å²) in [5.41, 5.74) is 0. The number of rotatable bonds is 4. The van der Waals surface area contributed by atoms with E-state index in [1.807, 2.05) is 0 Å². The van der Waals surface area contributed by atoms with Crippen molar-refractivity contribution in [3.8, 4) is 0 Å². The lowest BCUT2D eigenvalue weighted by Gasteiger charge is -2.28. The molecule has 2 aliphatic carbocycles. The smallest absolute Gasteiger partial charge is 0.0354 e. The van der Waals surface area contributed by atoms with Gasteiger partial charge < -0.3 is 0 Å². The number of fused-ring (bicyclic) bond motifs is 1. The molecule has 2 aliphatic rings. The van der Waals surface area contributed by atoms with Crippen LogP contribution in [0.25, 0.3) is 0 Å². The first kappa shape index (κ1) is 7.64. The monoisotopic (exact) mass is 152 g/mol. The molecule has 0 aliphatic heterocycles. The van der Waals surface area contributed by atoms with Crippen LogP contribution in [-0.2, 0) is 0 Å². The topological polar surface area (TPSA) is 0 Å². The molecule has 0 nitrogen and oxygen atoms in total. The van der Waals surface area contributed by atoms with Crippen molar-refractivity contribution in [3.05, 3.63) is 0 Å². The van der Waals surface area contributed by atoms with E-state index in [0.29, 0.717) is 0 Å². The predicted octanol–water partition coefficient (Wildman–Crippen LogP) is 3.47. The van der Waals surface area contributed by atoms with Crippen LogP contribution in [-0.4, -0.2) is 0 Å². The second-order valence-electron chi connectivity index (χ2n) is 4.57. The Bertz CT molecular complexity index is 135. The first-order valence-electron chi connectivity index (χ1n) is 5.35. The highest BCUT2D eigenvalue weighted by Crippen LogP contribution is 2.61. The maximum Gasteiger partial charge on any atom is -0.0354 e. The average Bonchev–Trinajstić information content (AvgIpc) is 2.64. The van der Waals surface area contributed by atoms with Gasteiger partial charge in [0.2, 0.25) is 0 Å². The van der Waals surface area contributed by atoms with Crippen molar-refractivity contribution in [1.82, 2.24) is 0 Å². The van der Waals surface area contributed by atoms with Crippen LogP contribution < -0.4 is 0 Å². The van der Waals surface area contributed by atoms with Gasteiger partial charge in [-0.2, -0.15) is 0 Å². The second-order valence-corrected chi connectivity index (χ2v) is 4.57. The lowest BCUT2D eigenvalue weighted by molar-refractivity contribution is 0.222. The summed E-state index contributed by atoms with van der Waals surface area (Å²) >= 11 is 0. The minimum Gasteiger partial charge on any atom is -0.0651 e. The Morgan fingerprint density at radius 2 is 1.91 bits per heavy atom. The summed E-state index contributed by atoms with van der Waals surface area (Å²) in [5, 5.41) is 0. The SMILES string of the molecule is CCC(CC)CC1CC2CC12. The van der Waals surface area contributed by atoms with Gasteiger partial charge in [-0.05, 0) is 42.9 Å². The first-order chi connectivity index (χ1) is 5.35. The normalized spacial score (nSPS) is 40.1. The highest BCUT2D eigenvalue weighted by Gasteiger charge is 2.52. The molecule has 0 saturated heterocycles. The van der Waals surface area contributed by atoms with Crippen LogP contribution in [0.2, 0.25) is 0 Å². The molecule has 0 N–H and O–H groups in total. The molecule has 0 radical (unpaired) electrons. The molecule has 11 heavy (non-hydrogen) atoms. The van der Waals surface area contributed by atoms with E-state index in [0.717, 1.165) is 11.8 Å². The molecule has 2 saturated carbocycles. The molecule has 0 amide bonds. The van der Waals surface area contributed by atoms with Crippen LogP contribution in [0.1, 0.15) is 46.0 Å². The van der Waals surface area contributed by atoms with Gasteiger partial charge in [-0.3, -0.25) is 0 Å². The predicted molar refractivity (Wildman–Crippen MR) is 48.4 cm³/mol. The van der Waals surface area contributed by atoms with Crippen molar-refractivity contribution in [1.29, 1.82) is 0 Å². The summed E-state index contributed by atoms with van der Waals surface area (Å²) in [6.45, 7) is 4.69. The van der Waals surface area contributed by atoms with Gasteiger partial charge in [0.25, 0.3) is 0 Å². The van der Waals surface area contributed by atoms with E-state index in [-0.39, 0.29) is 0 Å². The summed E-state index contributed by atoms with van der Waals surface area (Å²) in [6.07, 6.45) is 7.54. The Hall–Kier alpha value is 0. The second kappa shape index (κ2) is 2.80. The fourth-order valence-electron chi connectivity index (χ4n) is 2.81. The molecule has 64 valence electrons. The maximum atomic E-state index is 2.34. The van der Waals surface area contributed by atoms with E-state index >= 15 is 0 Å². The van der Waals surface area contributed by atoms with E-state index in [1.165, 1.54) is 24.7 Å². The van der Waals surface area contributed by atoms with Gasteiger partial charge in [-0.1, -0.05) is 26.7 Å². The van der Waals surface area contributed by atoms with Crippen molar-refractivity contribution < 1.29 is 0 Å². The van der Waals surface area contributed by atoms with Crippen molar-refractivity contribution in [2.75, 3.05) is 0 Å². The molecule has 0 heteroatoms. The number of hydrogen-bond acceptors (Lipinski definition) is 0. The Kier molecular flexibility index (Phi) is 1.95. The summed E-state index contributed by atoms with van der Waals surface area (Å²) < 4.78 is 0. The van der Waals surface area contributed by atoms with Gasteiger partial charge in [-0.25, -0.2) is 0 Å². The van der Waals surface area contributed by atoms with E-state index in [2.05, 4.69) is 13.8 Å². The Labute approximate surface area is 70.4 Å². The fraction of sp³-hybridized carbons (Fsp3) is 1.00. The van der Waals surface area contributed by atoms with Gasteiger partial charge in [-0.15, -0.1) is 0 Å².